The van der Waals surface area contributed by atoms with Crippen LogP contribution in [0, 0.1) is 0 Å². The number of carbonyl (C=O) groups is 1. The number of aryl methyl sites for hydroxylation is 1. The summed E-state index contributed by atoms with van der Waals surface area (Å²) in [5.74, 6) is 0.0867. The third-order valence-electron chi connectivity index (χ3n) is 3.14. The van der Waals surface area contributed by atoms with E-state index in [-0.39, 0.29) is 11.9 Å². The molecule has 1 aromatic rings. The predicted molar refractivity (Wildman–Crippen MR) is 70.3 cm³/mol. The highest BCUT2D eigenvalue weighted by atomic mass is 16.5. The second-order valence-corrected chi connectivity index (χ2v) is 4.61. The van der Waals surface area contributed by atoms with Gasteiger partial charge in [-0.3, -0.25) is 9.48 Å². The molecule has 1 aliphatic rings. The van der Waals surface area contributed by atoms with Crippen molar-refractivity contribution in [3.05, 3.63) is 18.0 Å². The molecule has 0 aromatic carbocycles. The second-order valence-electron chi connectivity index (χ2n) is 4.61. The summed E-state index contributed by atoms with van der Waals surface area (Å²) in [5.41, 5.74) is 0.658. The van der Waals surface area contributed by atoms with Gasteiger partial charge in [0.15, 0.2) is 5.78 Å². The van der Waals surface area contributed by atoms with E-state index in [0.29, 0.717) is 31.9 Å². The van der Waals surface area contributed by atoms with Crippen molar-refractivity contribution in [2.45, 2.75) is 25.5 Å². The Morgan fingerprint density at radius 1 is 1.68 bits per heavy atom. The fourth-order valence-corrected chi connectivity index (χ4v) is 2.17. The smallest absolute Gasteiger partial charge is 0.183 e. The average Bonchev–Trinajstić information content (AvgIpc) is 2.89. The quantitative estimate of drug-likeness (QED) is 0.575. The molecule has 1 fully saturated rings. The van der Waals surface area contributed by atoms with Gasteiger partial charge in [0.2, 0.25) is 0 Å². The lowest BCUT2D eigenvalue weighted by Gasteiger charge is -2.23. The summed E-state index contributed by atoms with van der Waals surface area (Å²) in [6, 6.07) is 1.77. The maximum Gasteiger partial charge on any atom is 0.183 e. The van der Waals surface area contributed by atoms with Gasteiger partial charge in [-0.05, 0) is 12.5 Å². The van der Waals surface area contributed by atoms with Crippen LogP contribution in [0.15, 0.2) is 12.3 Å². The Balaban J connectivity index is 1.89. The van der Waals surface area contributed by atoms with Crippen molar-refractivity contribution in [3.8, 4) is 0 Å². The molecule has 2 rings (SSSR count). The Morgan fingerprint density at radius 3 is 3.32 bits per heavy atom. The Morgan fingerprint density at radius 2 is 2.58 bits per heavy atom. The van der Waals surface area contributed by atoms with Gasteiger partial charge in [0, 0.05) is 46.0 Å². The summed E-state index contributed by atoms with van der Waals surface area (Å²) in [6.45, 7) is 3.64. The number of rotatable bonds is 7. The maximum atomic E-state index is 12.2. The number of Topliss-reactive ketones (excluding diaryl/α,β-unsaturated/α-hetero) is 1. The van der Waals surface area contributed by atoms with E-state index in [1.807, 2.05) is 0 Å². The Hall–Kier alpha value is -1.24. The molecule has 0 radical (unpaired) electrons. The first kappa shape index (κ1) is 14.2. The molecule has 0 bridgehead atoms. The summed E-state index contributed by atoms with van der Waals surface area (Å²) < 4.78 is 12.3. The number of morpholine rings is 1. The molecule has 6 nitrogen and oxygen atoms in total. The van der Waals surface area contributed by atoms with Crippen molar-refractivity contribution in [3.63, 3.8) is 0 Å². The average molecular weight is 267 g/mol. The third kappa shape index (κ3) is 4.12. The molecule has 2 heterocycles. The van der Waals surface area contributed by atoms with Gasteiger partial charge in [0.25, 0.3) is 0 Å². The molecule has 0 spiro atoms. The third-order valence-corrected chi connectivity index (χ3v) is 3.14. The summed E-state index contributed by atoms with van der Waals surface area (Å²) >= 11 is 0. The van der Waals surface area contributed by atoms with Crippen LogP contribution in [0.4, 0.5) is 0 Å². The number of aromatic nitrogens is 2. The lowest BCUT2D eigenvalue weighted by Crippen LogP contribution is -2.39. The fourth-order valence-electron chi connectivity index (χ4n) is 2.17. The number of hydrogen-bond donors (Lipinski definition) is 1. The number of methoxy groups -OCH3 is 1. The first-order chi connectivity index (χ1) is 9.31. The predicted octanol–water partition coefficient (Wildman–Crippen LogP) is 0.481. The molecule has 1 atom stereocenters. The van der Waals surface area contributed by atoms with E-state index in [1.54, 1.807) is 24.1 Å². The number of ether oxygens (including phenoxy) is 2. The zero-order valence-electron chi connectivity index (χ0n) is 11.3. The van der Waals surface area contributed by atoms with Gasteiger partial charge >= 0.3 is 0 Å². The summed E-state index contributed by atoms with van der Waals surface area (Å²) in [6.07, 6.45) is 2.90. The largest absolute Gasteiger partial charge is 0.385 e. The standard InChI is InChI=1S/C13H21N3O3/c1-18-7-2-6-16-12(3-4-15-16)13(17)9-11-10-14-5-8-19-11/h3-4,11,14H,2,5-10H2,1H3. The van der Waals surface area contributed by atoms with E-state index >= 15 is 0 Å². The summed E-state index contributed by atoms with van der Waals surface area (Å²) in [4.78, 5) is 12.2. The molecule has 1 unspecified atom stereocenters. The van der Waals surface area contributed by atoms with Crippen LogP contribution < -0.4 is 5.32 Å². The molecule has 1 aliphatic heterocycles. The molecule has 0 saturated carbocycles. The van der Waals surface area contributed by atoms with Crippen molar-refractivity contribution in [1.82, 2.24) is 15.1 Å². The van der Waals surface area contributed by atoms with Gasteiger partial charge in [-0.2, -0.15) is 5.10 Å². The molecule has 19 heavy (non-hydrogen) atoms. The van der Waals surface area contributed by atoms with E-state index < -0.39 is 0 Å². The van der Waals surface area contributed by atoms with Crippen LogP contribution >= 0.6 is 0 Å². The molecule has 1 aromatic heterocycles. The van der Waals surface area contributed by atoms with Gasteiger partial charge in [0.05, 0.1) is 12.7 Å². The number of nitrogens with one attached hydrogen (secondary N) is 1. The lowest BCUT2D eigenvalue weighted by atomic mass is 10.1. The van der Waals surface area contributed by atoms with Crippen LogP contribution in [0.2, 0.25) is 0 Å². The first-order valence-electron chi connectivity index (χ1n) is 6.67. The van der Waals surface area contributed by atoms with Crippen molar-refractivity contribution in [2.24, 2.45) is 0 Å². The van der Waals surface area contributed by atoms with Gasteiger partial charge in [-0.1, -0.05) is 0 Å². The number of carbonyl (C=O) groups excluding carboxylic acids is 1. The van der Waals surface area contributed by atoms with Crippen LogP contribution in [-0.4, -0.2) is 55.1 Å². The summed E-state index contributed by atoms with van der Waals surface area (Å²) in [5, 5.41) is 7.41. The Kier molecular flexibility index (Phi) is 5.50. The van der Waals surface area contributed by atoms with Crippen LogP contribution in [0.3, 0.4) is 0 Å². The van der Waals surface area contributed by atoms with E-state index in [4.69, 9.17) is 9.47 Å². The zero-order chi connectivity index (χ0) is 13.5. The summed E-state index contributed by atoms with van der Waals surface area (Å²) in [7, 11) is 1.67. The fraction of sp³-hybridized carbons (Fsp3) is 0.692. The van der Waals surface area contributed by atoms with Crippen molar-refractivity contribution in [2.75, 3.05) is 33.4 Å². The topological polar surface area (TPSA) is 65.4 Å². The lowest BCUT2D eigenvalue weighted by molar-refractivity contribution is 0.0237. The molecule has 0 amide bonds. The minimum Gasteiger partial charge on any atom is -0.385 e. The van der Waals surface area contributed by atoms with Crippen molar-refractivity contribution >= 4 is 5.78 Å². The van der Waals surface area contributed by atoms with Gasteiger partial charge in [-0.25, -0.2) is 0 Å². The minimum atomic E-state index is -0.0245. The monoisotopic (exact) mass is 267 g/mol. The molecule has 1 saturated heterocycles. The SMILES string of the molecule is COCCCn1nccc1C(=O)CC1CNCCO1. The maximum absolute atomic E-state index is 12.2. The second kappa shape index (κ2) is 7.37. The molecular formula is C13H21N3O3. The molecule has 6 heteroatoms. The first-order valence-corrected chi connectivity index (χ1v) is 6.67. The molecule has 1 N–H and O–H groups in total. The molecule has 106 valence electrons. The van der Waals surface area contributed by atoms with E-state index in [0.717, 1.165) is 19.5 Å². The van der Waals surface area contributed by atoms with Crippen LogP contribution in [0.1, 0.15) is 23.3 Å². The van der Waals surface area contributed by atoms with Gasteiger partial charge in [0.1, 0.15) is 5.69 Å². The normalized spacial score (nSPS) is 19.5. The number of hydrogen-bond acceptors (Lipinski definition) is 5. The zero-order valence-corrected chi connectivity index (χ0v) is 11.3. The van der Waals surface area contributed by atoms with Crippen LogP contribution in [0.25, 0.3) is 0 Å². The Labute approximate surface area is 113 Å². The van der Waals surface area contributed by atoms with E-state index in [1.165, 1.54) is 0 Å². The highest BCUT2D eigenvalue weighted by Crippen LogP contribution is 2.09. The minimum absolute atomic E-state index is 0.0245. The molecule has 0 aliphatic carbocycles. The van der Waals surface area contributed by atoms with Crippen LogP contribution in [0.5, 0.6) is 0 Å². The van der Waals surface area contributed by atoms with E-state index in [2.05, 4.69) is 10.4 Å². The highest BCUT2D eigenvalue weighted by Gasteiger charge is 2.20. The van der Waals surface area contributed by atoms with Gasteiger partial charge in [-0.15, -0.1) is 0 Å². The Bertz CT molecular complexity index is 400. The number of nitrogens with zero attached hydrogens (tertiary/aromatic N) is 2. The highest BCUT2D eigenvalue weighted by molar-refractivity contribution is 5.94. The van der Waals surface area contributed by atoms with Crippen molar-refractivity contribution < 1.29 is 14.3 Å². The molecular weight excluding hydrogens is 246 g/mol. The van der Waals surface area contributed by atoms with Crippen molar-refractivity contribution in [1.29, 1.82) is 0 Å². The van der Waals surface area contributed by atoms with Crippen LogP contribution in [-0.2, 0) is 16.0 Å². The van der Waals surface area contributed by atoms with E-state index in [9.17, 15) is 4.79 Å². The van der Waals surface area contributed by atoms with Gasteiger partial charge < -0.3 is 14.8 Å². The number of ketones is 1.